The summed E-state index contributed by atoms with van der Waals surface area (Å²) in [6.45, 7) is 0. The van der Waals surface area contributed by atoms with E-state index in [1.165, 1.54) is 24.8 Å². The standard InChI is InChI=1S/C13H18O/c1-2-3-5-10-13(14)11-12-8-6-4-7-9-12/h1,11H,3-10H2. The number of carbonyl (C=O) groups is 1. The lowest BCUT2D eigenvalue weighted by atomic mass is 9.93. The third-order valence-corrected chi connectivity index (χ3v) is 2.61. The number of allylic oxidation sites excluding steroid dienone is 2. The van der Waals surface area contributed by atoms with E-state index in [1.807, 2.05) is 6.08 Å². The van der Waals surface area contributed by atoms with Crippen molar-refractivity contribution in [3.05, 3.63) is 11.6 Å². The van der Waals surface area contributed by atoms with Crippen LogP contribution in [0.2, 0.25) is 0 Å². The Morgan fingerprint density at radius 1 is 1.36 bits per heavy atom. The zero-order valence-corrected chi connectivity index (χ0v) is 8.72. The summed E-state index contributed by atoms with van der Waals surface area (Å²) in [4.78, 5) is 11.4. The molecule has 1 saturated carbocycles. The van der Waals surface area contributed by atoms with Gasteiger partial charge in [-0.3, -0.25) is 4.79 Å². The van der Waals surface area contributed by atoms with Crippen molar-refractivity contribution in [2.75, 3.05) is 0 Å². The van der Waals surface area contributed by atoms with Gasteiger partial charge in [0, 0.05) is 12.8 Å². The van der Waals surface area contributed by atoms with E-state index in [4.69, 9.17) is 6.42 Å². The van der Waals surface area contributed by atoms with Crippen LogP contribution >= 0.6 is 0 Å². The van der Waals surface area contributed by atoms with Crippen molar-refractivity contribution in [2.45, 2.75) is 51.4 Å². The number of terminal acetylenes is 1. The highest BCUT2D eigenvalue weighted by molar-refractivity contribution is 5.90. The van der Waals surface area contributed by atoms with Crippen LogP contribution in [0.4, 0.5) is 0 Å². The molecule has 0 atom stereocenters. The van der Waals surface area contributed by atoms with Gasteiger partial charge >= 0.3 is 0 Å². The highest BCUT2D eigenvalue weighted by Crippen LogP contribution is 2.22. The molecule has 0 bridgehead atoms. The normalized spacial score (nSPS) is 16.1. The second-order valence-corrected chi connectivity index (χ2v) is 3.89. The van der Waals surface area contributed by atoms with Gasteiger partial charge in [-0.25, -0.2) is 0 Å². The third-order valence-electron chi connectivity index (χ3n) is 2.61. The molecule has 0 aliphatic heterocycles. The van der Waals surface area contributed by atoms with Crippen LogP contribution in [-0.2, 0) is 4.79 Å². The molecule has 76 valence electrons. The first-order valence-corrected chi connectivity index (χ1v) is 5.48. The average Bonchev–Trinajstić information content (AvgIpc) is 2.20. The quantitative estimate of drug-likeness (QED) is 0.378. The summed E-state index contributed by atoms with van der Waals surface area (Å²) < 4.78 is 0. The summed E-state index contributed by atoms with van der Waals surface area (Å²) >= 11 is 0. The van der Waals surface area contributed by atoms with Gasteiger partial charge in [-0.05, 0) is 38.2 Å². The Labute approximate surface area is 86.6 Å². The van der Waals surface area contributed by atoms with Gasteiger partial charge in [0.1, 0.15) is 0 Å². The van der Waals surface area contributed by atoms with E-state index < -0.39 is 0 Å². The Morgan fingerprint density at radius 3 is 2.71 bits per heavy atom. The fourth-order valence-corrected chi connectivity index (χ4v) is 1.81. The number of hydrogen-bond donors (Lipinski definition) is 0. The minimum absolute atomic E-state index is 0.261. The fraction of sp³-hybridized carbons (Fsp3) is 0.615. The average molecular weight is 190 g/mol. The molecule has 0 radical (unpaired) electrons. The molecule has 0 spiro atoms. The molecule has 1 fully saturated rings. The predicted octanol–water partition coefficient (Wildman–Crippen LogP) is 3.25. The summed E-state index contributed by atoms with van der Waals surface area (Å²) in [6.07, 6.45) is 15.2. The molecule has 0 unspecified atom stereocenters. The van der Waals surface area contributed by atoms with E-state index in [-0.39, 0.29) is 5.78 Å². The van der Waals surface area contributed by atoms with E-state index in [0.717, 1.165) is 25.7 Å². The second-order valence-electron chi connectivity index (χ2n) is 3.89. The van der Waals surface area contributed by atoms with Crippen LogP contribution in [0.25, 0.3) is 0 Å². The highest BCUT2D eigenvalue weighted by atomic mass is 16.1. The largest absolute Gasteiger partial charge is 0.295 e. The maximum atomic E-state index is 11.4. The molecule has 0 aromatic rings. The lowest BCUT2D eigenvalue weighted by molar-refractivity contribution is -0.114. The monoisotopic (exact) mass is 190 g/mol. The Bertz CT molecular complexity index is 247. The van der Waals surface area contributed by atoms with Gasteiger partial charge in [-0.1, -0.05) is 12.0 Å². The van der Waals surface area contributed by atoms with Crippen molar-refractivity contribution in [1.82, 2.24) is 0 Å². The van der Waals surface area contributed by atoms with Gasteiger partial charge < -0.3 is 0 Å². The molecule has 1 heteroatoms. The summed E-state index contributed by atoms with van der Waals surface area (Å²) in [5.41, 5.74) is 1.35. The highest BCUT2D eigenvalue weighted by Gasteiger charge is 2.06. The van der Waals surface area contributed by atoms with Crippen molar-refractivity contribution in [2.24, 2.45) is 0 Å². The molecular formula is C13H18O. The van der Waals surface area contributed by atoms with Crippen LogP contribution in [0.5, 0.6) is 0 Å². The molecule has 1 rings (SSSR count). The molecule has 14 heavy (non-hydrogen) atoms. The van der Waals surface area contributed by atoms with Gasteiger partial charge in [0.25, 0.3) is 0 Å². The SMILES string of the molecule is C#CCCCC(=O)C=C1CCCCC1. The third kappa shape index (κ3) is 4.28. The molecule has 1 aliphatic carbocycles. The molecule has 0 N–H and O–H groups in total. The summed E-state index contributed by atoms with van der Waals surface area (Å²) in [7, 11) is 0. The zero-order chi connectivity index (χ0) is 10.2. The topological polar surface area (TPSA) is 17.1 Å². The van der Waals surface area contributed by atoms with E-state index in [1.54, 1.807) is 0 Å². The van der Waals surface area contributed by atoms with Crippen LogP contribution < -0.4 is 0 Å². The number of ketones is 1. The number of carbonyl (C=O) groups excluding carboxylic acids is 1. The first kappa shape index (κ1) is 11.0. The minimum Gasteiger partial charge on any atom is -0.295 e. The van der Waals surface area contributed by atoms with Gasteiger partial charge in [0.05, 0.1) is 0 Å². The first-order chi connectivity index (χ1) is 6.83. The fourth-order valence-electron chi connectivity index (χ4n) is 1.81. The molecule has 0 amide bonds. The predicted molar refractivity (Wildman–Crippen MR) is 58.9 cm³/mol. The van der Waals surface area contributed by atoms with Crippen LogP contribution in [0.15, 0.2) is 11.6 Å². The van der Waals surface area contributed by atoms with Crippen LogP contribution in [0.3, 0.4) is 0 Å². The van der Waals surface area contributed by atoms with Crippen LogP contribution in [-0.4, -0.2) is 5.78 Å². The molecule has 0 saturated heterocycles. The van der Waals surface area contributed by atoms with Crippen molar-refractivity contribution in [3.8, 4) is 12.3 Å². The van der Waals surface area contributed by atoms with Crippen molar-refractivity contribution in [3.63, 3.8) is 0 Å². The van der Waals surface area contributed by atoms with Crippen LogP contribution in [0, 0.1) is 12.3 Å². The Kier molecular flexibility index (Phi) is 5.07. The van der Waals surface area contributed by atoms with Crippen molar-refractivity contribution < 1.29 is 4.79 Å². The van der Waals surface area contributed by atoms with Gasteiger partial charge in [0.15, 0.2) is 5.78 Å². The molecule has 1 aliphatic rings. The number of rotatable bonds is 4. The van der Waals surface area contributed by atoms with E-state index >= 15 is 0 Å². The maximum absolute atomic E-state index is 11.4. The van der Waals surface area contributed by atoms with E-state index in [2.05, 4.69) is 5.92 Å². The smallest absolute Gasteiger partial charge is 0.155 e. The Balaban J connectivity index is 2.27. The lowest BCUT2D eigenvalue weighted by Gasteiger charge is -2.12. The minimum atomic E-state index is 0.261. The first-order valence-electron chi connectivity index (χ1n) is 5.48. The Morgan fingerprint density at radius 2 is 2.07 bits per heavy atom. The lowest BCUT2D eigenvalue weighted by Crippen LogP contribution is -1.99. The zero-order valence-electron chi connectivity index (χ0n) is 8.72. The van der Waals surface area contributed by atoms with Gasteiger partial charge in [-0.2, -0.15) is 0 Å². The molecule has 1 nitrogen and oxygen atoms in total. The number of hydrogen-bond acceptors (Lipinski definition) is 1. The number of unbranched alkanes of at least 4 members (excludes halogenated alkanes) is 1. The molecule has 0 heterocycles. The summed E-state index contributed by atoms with van der Waals surface area (Å²) in [5.74, 6) is 2.82. The maximum Gasteiger partial charge on any atom is 0.155 e. The summed E-state index contributed by atoms with van der Waals surface area (Å²) in [6, 6.07) is 0. The van der Waals surface area contributed by atoms with E-state index in [9.17, 15) is 4.79 Å². The molecule has 0 aromatic heterocycles. The van der Waals surface area contributed by atoms with Crippen LogP contribution in [0.1, 0.15) is 51.4 Å². The van der Waals surface area contributed by atoms with Gasteiger partial charge in [-0.15, -0.1) is 12.3 Å². The molecular weight excluding hydrogens is 172 g/mol. The van der Waals surface area contributed by atoms with E-state index in [0.29, 0.717) is 6.42 Å². The van der Waals surface area contributed by atoms with Crippen molar-refractivity contribution in [1.29, 1.82) is 0 Å². The second kappa shape index (κ2) is 6.43. The van der Waals surface area contributed by atoms with Crippen molar-refractivity contribution >= 4 is 5.78 Å². The molecule has 0 aromatic carbocycles. The van der Waals surface area contributed by atoms with Gasteiger partial charge in [0.2, 0.25) is 0 Å². The Hall–Kier alpha value is -1.03. The summed E-state index contributed by atoms with van der Waals surface area (Å²) in [5, 5.41) is 0.